The van der Waals surface area contributed by atoms with Gasteiger partial charge in [0.15, 0.2) is 5.92 Å². The van der Waals surface area contributed by atoms with Crippen molar-refractivity contribution in [3.63, 3.8) is 0 Å². The van der Waals surface area contributed by atoms with Gasteiger partial charge in [-0.1, -0.05) is 6.92 Å². The minimum absolute atomic E-state index is 0.305. The lowest BCUT2D eigenvalue weighted by Crippen LogP contribution is -2.28. The summed E-state index contributed by atoms with van der Waals surface area (Å²) in [6.07, 6.45) is 3.48. The Bertz CT molecular complexity index is 253. The molecule has 124 valence electrons. The van der Waals surface area contributed by atoms with Crippen molar-refractivity contribution in [2.24, 2.45) is 5.92 Å². The zero-order valence-corrected chi connectivity index (χ0v) is 13.4. The highest BCUT2D eigenvalue weighted by Crippen LogP contribution is 2.09. The molecule has 0 aliphatic heterocycles. The Kier molecular flexibility index (Phi) is 13.1. The van der Waals surface area contributed by atoms with E-state index >= 15 is 0 Å². The van der Waals surface area contributed by atoms with Crippen LogP contribution in [0.25, 0.3) is 0 Å². The van der Waals surface area contributed by atoms with Crippen LogP contribution in [0.5, 0.6) is 0 Å². The zero-order chi connectivity index (χ0) is 15.9. The van der Waals surface area contributed by atoms with Crippen molar-refractivity contribution in [2.75, 3.05) is 40.6 Å². The van der Waals surface area contributed by atoms with E-state index in [9.17, 15) is 9.59 Å². The summed E-state index contributed by atoms with van der Waals surface area (Å²) < 4.78 is 20.0. The quantitative estimate of drug-likeness (QED) is 0.294. The Balaban J connectivity index is 3.88. The summed E-state index contributed by atoms with van der Waals surface area (Å²) in [5, 5.41) is 0. The second-order valence-electron chi connectivity index (χ2n) is 4.70. The minimum atomic E-state index is -0.824. The van der Waals surface area contributed by atoms with Gasteiger partial charge in [-0.25, -0.2) is 0 Å². The second kappa shape index (κ2) is 13.8. The van der Waals surface area contributed by atoms with Gasteiger partial charge in [0.05, 0.1) is 13.2 Å². The smallest absolute Gasteiger partial charge is 0.320 e. The number of hydrogen-bond acceptors (Lipinski definition) is 6. The summed E-state index contributed by atoms with van der Waals surface area (Å²) in [5.41, 5.74) is 0. The molecule has 6 heteroatoms. The summed E-state index contributed by atoms with van der Waals surface area (Å²) in [5.74, 6) is -1.83. The predicted molar refractivity (Wildman–Crippen MR) is 77.9 cm³/mol. The third kappa shape index (κ3) is 10.3. The number of hydrogen-bond donors (Lipinski definition) is 0. The van der Waals surface area contributed by atoms with Gasteiger partial charge in [0.25, 0.3) is 0 Å². The number of rotatable bonds is 13. The van der Waals surface area contributed by atoms with Gasteiger partial charge in [-0.2, -0.15) is 0 Å². The first-order valence-corrected chi connectivity index (χ1v) is 7.48. The van der Waals surface area contributed by atoms with Gasteiger partial charge in [-0.05, 0) is 32.1 Å². The molecule has 0 aromatic carbocycles. The van der Waals surface area contributed by atoms with Gasteiger partial charge in [0.2, 0.25) is 0 Å². The van der Waals surface area contributed by atoms with Crippen LogP contribution in [0.1, 0.15) is 39.0 Å². The summed E-state index contributed by atoms with van der Waals surface area (Å²) in [6, 6.07) is 0. The first-order chi connectivity index (χ1) is 10.2. The Morgan fingerprint density at radius 1 is 0.762 bits per heavy atom. The van der Waals surface area contributed by atoms with Crippen LogP contribution in [0.2, 0.25) is 0 Å². The van der Waals surface area contributed by atoms with Crippen LogP contribution in [0.3, 0.4) is 0 Å². The van der Waals surface area contributed by atoms with E-state index < -0.39 is 17.9 Å². The Hall–Kier alpha value is -1.14. The number of carbonyl (C=O) groups is 2. The summed E-state index contributed by atoms with van der Waals surface area (Å²) in [7, 11) is 3.25. The van der Waals surface area contributed by atoms with Gasteiger partial charge < -0.3 is 18.9 Å². The molecule has 0 radical (unpaired) electrons. The summed E-state index contributed by atoms with van der Waals surface area (Å²) in [6.45, 7) is 3.65. The van der Waals surface area contributed by atoms with E-state index in [0.29, 0.717) is 32.8 Å². The topological polar surface area (TPSA) is 71.1 Å². The van der Waals surface area contributed by atoms with Crippen molar-refractivity contribution in [3.8, 4) is 0 Å². The molecule has 6 nitrogen and oxygen atoms in total. The first-order valence-electron chi connectivity index (χ1n) is 7.48. The molecule has 0 amide bonds. The maximum Gasteiger partial charge on any atom is 0.320 e. The van der Waals surface area contributed by atoms with Crippen molar-refractivity contribution in [2.45, 2.75) is 39.0 Å². The first kappa shape index (κ1) is 19.9. The van der Waals surface area contributed by atoms with Gasteiger partial charge >= 0.3 is 11.9 Å². The lowest BCUT2D eigenvalue weighted by molar-refractivity contribution is -0.162. The van der Waals surface area contributed by atoms with Crippen LogP contribution in [0.4, 0.5) is 0 Å². The Labute approximate surface area is 127 Å². The molecule has 0 aromatic rings. The molecule has 0 saturated heterocycles. The fourth-order valence-electron chi connectivity index (χ4n) is 1.67. The molecule has 21 heavy (non-hydrogen) atoms. The standard InChI is InChI=1S/C15H28O6/c1-4-13(14(16)20-11-7-5-9-18-2)15(17)21-12-8-6-10-19-3/h13H,4-12H2,1-3H3. The number of esters is 2. The van der Waals surface area contributed by atoms with Gasteiger partial charge in [0.1, 0.15) is 0 Å². The molecule has 0 heterocycles. The predicted octanol–water partition coefficient (Wildman–Crippen LogP) is 1.95. The Morgan fingerprint density at radius 3 is 1.48 bits per heavy atom. The molecule has 0 unspecified atom stereocenters. The van der Waals surface area contributed by atoms with Crippen molar-refractivity contribution in [1.29, 1.82) is 0 Å². The summed E-state index contributed by atoms with van der Waals surface area (Å²) in [4.78, 5) is 23.6. The van der Waals surface area contributed by atoms with Crippen LogP contribution < -0.4 is 0 Å². The van der Waals surface area contributed by atoms with E-state index in [0.717, 1.165) is 25.7 Å². The minimum Gasteiger partial charge on any atom is -0.465 e. The van der Waals surface area contributed by atoms with Gasteiger partial charge in [-0.15, -0.1) is 0 Å². The average molecular weight is 304 g/mol. The van der Waals surface area contributed by atoms with E-state index in [1.165, 1.54) is 0 Å². The maximum absolute atomic E-state index is 11.8. The zero-order valence-electron chi connectivity index (χ0n) is 13.4. The molecule has 0 saturated carbocycles. The molecule has 0 fully saturated rings. The van der Waals surface area contributed by atoms with Crippen molar-refractivity contribution < 1.29 is 28.5 Å². The van der Waals surface area contributed by atoms with Crippen LogP contribution in [-0.2, 0) is 28.5 Å². The highest BCUT2D eigenvalue weighted by atomic mass is 16.6. The molecule has 0 aliphatic carbocycles. The number of carbonyl (C=O) groups excluding carboxylic acids is 2. The van der Waals surface area contributed by atoms with Crippen LogP contribution in [0.15, 0.2) is 0 Å². The summed E-state index contributed by atoms with van der Waals surface area (Å²) >= 11 is 0. The van der Waals surface area contributed by atoms with Crippen molar-refractivity contribution in [3.05, 3.63) is 0 Å². The number of methoxy groups -OCH3 is 2. The Morgan fingerprint density at radius 2 is 1.14 bits per heavy atom. The van der Waals surface area contributed by atoms with E-state index in [2.05, 4.69) is 0 Å². The van der Waals surface area contributed by atoms with E-state index in [4.69, 9.17) is 18.9 Å². The maximum atomic E-state index is 11.8. The van der Waals surface area contributed by atoms with E-state index in [1.807, 2.05) is 0 Å². The number of ether oxygens (including phenoxy) is 4. The van der Waals surface area contributed by atoms with Crippen LogP contribution >= 0.6 is 0 Å². The molecule has 0 aromatic heterocycles. The molecule has 0 bridgehead atoms. The third-order valence-corrected chi connectivity index (χ3v) is 2.95. The van der Waals surface area contributed by atoms with Crippen molar-refractivity contribution >= 4 is 11.9 Å². The molecular formula is C15H28O6. The highest BCUT2D eigenvalue weighted by molar-refractivity contribution is 5.94. The van der Waals surface area contributed by atoms with Crippen LogP contribution in [0, 0.1) is 5.92 Å². The molecule has 0 rings (SSSR count). The highest BCUT2D eigenvalue weighted by Gasteiger charge is 2.27. The van der Waals surface area contributed by atoms with Crippen LogP contribution in [-0.4, -0.2) is 52.6 Å². The molecule has 0 N–H and O–H groups in total. The van der Waals surface area contributed by atoms with Crippen molar-refractivity contribution in [1.82, 2.24) is 0 Å². The number of unbranched alkanes of at least 4 members (excludes halogenated alkanes) is 2. The average Bonchev–Trinajstić information content (AvgIpc) is 2.47. The molecular weight excluding hydrogens is 276 g/mol. The lowest BCUT2D eigenvalue weighted by Gasteiger charge is -2.13. The fourth-order valence-corrected chi connectivity index (χ4v) is 1.67. The third-order valence-electron chi connectivity index (χ3n) is 2.95. The van der Waals surface area contributed by atoms with E-state index in [-0.39, 0.29) is 0 Å². The molecule has 0 spiro atoms. The molecule has 0 atom stereocenters. The normalized spacial score (nSPS) is 10.7. The molecule has 0 aliphatic rings. The SMILES string of the molecule is CCC(C(=O)OCCCCOC)C(=O)OCCCCOC. The van der Waals surface area contributed by atoms with Gasteiger partial charge in [0, 0.05) is 27.4 Å². The fraction of sp³-hybridized carbons (Fsp3) is 0.867. The second-order valence-corrected chi connectivity index (χ2v) is 4.70. The monoisotopic (exact) mass is 304 g/mol. The largest absolute Gasteiger partial charge is 0.465 e. The lowest BCUT2D eigenvalue weighted by atomic mass is 10.1. The van der Waals surface area contributed by atoms with Gasteiger partial charge in [-0.3, -0.25) is 9.59 Å². The van der Waals surface area contributed by atoms with E-state index in [1.54, 1.807) is 21.1 Å².